The van der Waals surface area contributed by atoms with E-state index in [9.17, 15) is 4.79 Å². The average molecular weight is 294 g/mol. The van der Waals surface area contributed by atoms with Crippen LogP contribution < -0.4 is 5.32 Å². The van der Waals surface area contributed by atoms with E-state index in [2.05, 4.69) is 35.8 Å². The lowest BCUT2D eigenvalue weighted by atomic mass is 10.1. The molecule has 110 valence electrons. The van der Waals surface area contributed by atoms with Gasteiger partial charge < -0.3 is 9.64 Å². The molecular weight excluding hydrogens is 272 g/mol. The minimum absolute atomic E-state index is 0.0000302. The second kappa shape index (κ2) is 7.67. The number of amides is 1. The van der Waals surface area contributed by atoms with Crippen LogP contribution in [0.3, 0.4) is 0 Å². The minimum Gasteiger partial charge on any atom is -0.382 e. The fraction of sp³-hybridized carbons (Fsp3) is 0.533. The zero-order chi connectivity index (χ0) is 14.4. The summed E-state index contributed by atoms with van der Waals surface area (Å²) in [6.45, 7) is 4.58. The van der Waals surface area contributed by atoms with E-state index in [-0.39, 0.29) is 12.1 Å². The number of benzene rings is 1. The zero-order valence-corrected chi connectivity index (χ0v) is 12.9. The van der Waals surface area contributed by atoms with E-state index in [0.29, 0.717) is 13.2 Å². The van der Waals surface area contributed by atoms with Crippen molar-refractivity contribution in [1.29, 1.82) is 0 Å². The first kappa shape index (κ1) is 15.4. The molecule has 1 unspecified atom stereocenters. The summed E-state index contributed by atoms with van der Waals surface area (Å²) in [6.07, 6.45) is 2.94. The van der Waals surface area contributed by atoms with E-state index in [4.69, 9.17) is 4.74 Å². The smallest absolute Gasteiger partial charge is 0.238 e. The van der Waals surface area contributed by atoms with Gasteiger partial charge in [-0.15, -0.1) is 11.8 Å². The molecule has 1 amide bonds. The van der Waals surface area contributed by atoms with Gasteiger partial charge in [0.25, 0.3) is 0 Å². The maximum Gasteiger partial charge on any atom is 0.238 e. The number of carbonyl (C=O) groups is 1. The maximum absolute atomic E-state index is 12.0. The number of thioether (sulfide) groups is 1. The standard InChI is InChI=1S/C15H22N2O2S/c1-3-19-10-4-9-17-14(18)11-16-15(17)12-5-7-13(20-2)8-6-12/h5-8,15-16H,3-4,9-11H2,1-2H3. The van der Waals surface area contributed by atoms with Gasteiger partial charge in [0.15, 0.2) is 0 Å². The van der Waals surface area contributed by atoms with Crippen LogP contribution >= 0.6 is 11.8 Å². The van der Waals surface area contributed by atoms with Crippen LogP contribution in [0.15, 0.2) is 29.2 Å². The summed E-state index contributed by atoms with van der Waals surface area (Å²) in [6, 6.07) is 8.39. The van der Waals surface area contributed by atoms with E-state index < -0.39 is 0 Å². The molecule has 0 spiro atoms. The van der Waals surface area contributed by atoms with Gasteiger partial charge >= 0.3 is 0 Å². The number of carbonyl (C=O) groups excluding carboxylic acids is 1. The topological polar surface area (TPSA) is 41.6 Å². The Labute approximate surface area is 124 Å². The SMILES string of the molecule is CCOCCCN1C(=O)CNC1c1ccc(SC)cc1. The van der Waals surface area contributed by atoms with Crippen molar-refractivity contribution in [3.63, 3.8) is 0 Å². The van der Waals surface area contributed by atoms with Gasteiger partial charge in [-0.25, -0.2) is 0 Å². The van der Waals surface area contributed by atoms with Crippen molar-refractivity contribution in [2.45, 2.75) is 24.4 Å². The second-order valence-electron chi connectivity index (χ2n) is 4.69. The Bertz CT molecular complexity index is 436. The van der Waals surface area contributed by atoms with Gasteiger partial charge in [-0.2, -0.15) is 0 Å². The Kier molecular flexibility index (Phi) is 5.88. The van der Waals surface area contributed by atoms with Crippen molar-refractivity contribution >= 4 is 17.7 Å². The lowest BCUT2D eigenvalue weighted by molar-refractivity contribution is -0.128. The molecule has 1 atom stereocenters. The van der Waals surface area contributed by atoms with Crippen LogP contribution in [0.2, 0.25) is 0 Å². The third kappa shape index (κ3) is 3.75. The number of rotatable bonds is 7. The lowest BCUT2D eigenvalue weighted by Crippen LogP contribution is -2.31. The van der Waals surface area contributed by atoms with Crippen LogP contribution in [0.4, 0.5) is 0 Å². The molecule has 0 aliphatic carbocycles. The highest BCUT2D eigenvalue weighted by atomic mass is 32.2. The molecule has 1 saturated heterocycles. The molecule has 1 aromatic carbocycles. The molecular formula is C15H22N2O2S. The molecule has 1 aliphatic rings. The van der Waals surface area contributed by atoms with Crippen molar-refractivity contribution in [1.82, 2.24) is 10.2 Å². The summed E-state index contributed by atoms with van der Waals surface area (Å²) < 4.78 is 5.34. The molecule has 0 bridgehead atoms. The van der Waals surface area contributed by atoms with Gasteiger partial charge in [0.1, 0.15) is 6.17 Å². The average Bonchev–Trinajstić information content (AvgIpc) is 2.85. The van der Waals surface area contributed by atoms with E-state index in [1.165, 1.54) is 4.90 Å². The Morgan fingerprint density at radius 1 is 1.40 bits per heavy atom. The van der Waals surface area contributed by atoms with Crippen LogP contribution in [0, 0.1) is 0 Å². The summed E-state index contributed by atoms with van der Waals surface area (Å²) in [5, 5.41) is 3.28. The van der Waals surface area contributed by atoms with Gasteiger partial charge in [-0.1, -0.05) is 12.1 Å². The van der Waals surface area contributed by atoms with E-state index in [1.807, 2.05) is 11.8 Å². The lowest BCUT2D eigenvalue weighted by Gasteiger charge is -2.24. The molecule has 1 N–H and O–H groups in total. The molecule has 20 heavy (non-hydrogen) atoms. The molecule has 1 aliphatic heterocycles. The molecule has 1 aromatic rings. The fourth-order valence-electron chi connectivity index (χ4n) is 2.36. The third-order valence-electron chi connectivity index (χ3n) is 3.40. The number of ether oxygens (including phenoxy) is 1. The second-order valence-corrected chi connectivity index (χ2v) is 5.57. The van der Waals surface area contributed by atoms with E-state index >= 15 is 0 Å². The van der Waals surface area contributed by atoms with Crippen LogP contribution in [0.1, 0.15) is 25.1 Å². The van der Waals surface area contributed by atoms with Crippen LogP contribution in [-0.4, -0.2) is 43.4 Å². The molecule has 5 heteroatoms. The summed E-state index contributed by atoms with van der Waals surface area (Å²) >= 11 is 1.72. The number of nitrogens with one attached hydrogen (secondary N) is 1. The highest BCUT2D eigenvalue weighted by Gasteiger charge is 2.30. The molecule has 0 aromatic heterocycles. The number of hydrogen-bond donors (Lipinski definition) is 1. The predicted molar refractivity (Wildman–Crippen MR) is 81.8 cm³/mol. The van der Waals surface area contributed by atoms with E-state index in [0.717, 1.165) is 25.1 Å². The van der Waals surface area contributed by atoms with Crippen molar-refractivity contribution in [3.8, 4) is 0 Å². The summed E-state index contributed by atoms with van der Waals surface area (Å²) in [5.74, 6) is 0.167. The van der Waals surface area contributed by atoms with Gasteiger partial charge in [0.05, 0.1) is 6.54 Å². The Balaban J connectivity index is 1.99. The first-order valence-electron chi connectivity index (χ1n) is 7.00. The fourth-order valence-corrected chi connectivity index (χ4v) is 2.77. The Morgan fingerprint density at radius 3 is 2.80 bits per heavy atom. The predicted octanol–water partition coefficient (Wildman–Crippen LogP) is 2.27. The summed E-state index contributed by atoms with van der Waals surface area (Å²) in [7, 11) is 0. The first-order valence-corrected chi connectivity index (χ1v) is 8.23. The molecule has 0 radical (unpaired) electrons. The minimum atomic E-state index is 0.0000302. The van der Waals surface area contributed by atoms with Crippen molar-refractivity contribution in [3.05, 3.63) is 29.8 Å². The maximum atomic E-state index is 12.0. The summed E-state index contributed by atoms with van der Waals surface area (Å²) in [5.41, 5.74) is 1.14. The van der Waals surface area contributed by atoms with Crippen LogP contribution in [-0.2, 0) is 9.53 Å². The van der Waals surface area contributed by atoms with Gasteiger partial charge in [-0.3, -0.25) is 10.1 Å². The normalized spacial score (nSPS) is 18.8. The van der Waals surface area contributed by atoms with Crippen molar-refractivity contribution < 1.29 is 9.53 Å². The van der Waals surface area contributed by atoms with Crippen LogP contribution in [0.25, 0.3) is 0 Å². The monoisotopic (exact) mass is 294 g/mol. The zero-order valence-electron chi connectivity index (χ0n) is 12.1. The molecule has 2 rings (SSSR count). The number of hydrogen-bond acceptors (Lipinski definition) is 4. The first-order chi connectivity index (χ1) is 9.76. The third-order valence-corrected chi connectivity index (χ3v) is 4.15. The van der Waals surface area contributed by atoms with Crippen LogP contribution in [0.5, 0.6) is 0 Å². The molecule has 1 fully saturated rings. The quantitative estimate of drug-likeness (QED) is 0.619. The van der Waals surface area contributed by atoms with Gasteiger partial charge in [0.2, 0.25) is 5.91 Å². The van der Waals surface area contributed by atoms with E-state index in [1.54, 1.807) is 11.8 Å². The van der Waals surface area contributed by atoms with Gasteiger partial charge in [0, 0.05) is 24.7 Å². The molecule has 4 nitrogen and oxygen atoms in total. The highest BCUT2D eigenvalue weighted by molar-refractivity contribution is 7.98. The van der Waals surface area contributed by atoms with Crippen molar-refractivity contribution in [2.75, 3.05) is 32.6 Å². The van der Waals surface area contributed by atoms with Gasteiger partial charge in [-0.05, 0) is 37.3 Å². The molecule has 1 heterocycles. The number of nitrogens with zero attached hydrogens (tertiary/aromatic N) is 1. The highest BCUT2D eigenvalue weighted by Crippen LogP contribution is 2.24. The molecule has 0 saturated carbocycles. The summed E-state index contributed by atoms with van der Waals surface area (Å²) in [4.78, 5) is 15.1. The Morgan fingerprint density at radius 2 is 2.15 bits per heavy atom. The van der Waals surface area contributed by atoms with Crippen molar-refractivity contribution in [2.24, 2.45) is 0 Å². The largest absolute Gasteiger partial charge is 0.382 e. The Hall–Kier alpha value is -1.04.